The maximum absolute atomic E-state index is 8.39. The molecule has 0 atom stereocenters. The lowest BCUT2D eigenvalue weighted by Crippen LogP contribution is -1.95. The van der Waals surface area contributed by atoms with E-state index < -0.39 is 0 Å². The topological polar surface area (TPSA) is 41.8 Å². The van der Waals surface area contributed by atoms with Gasteiger partial charge in [-0.15, -0.1) is 0 Å². The summed E-state index contributed by atoms with van der Waals surface area (Å²) in [6, 6.07) is 14.8. The molecule has 4 heteroatoms. The molecule has 0 bridgehead atoms. The van der Waals surface area contributed by atoms with Crippen molar-refractivity contribution in [3.8, 4) is 5.75 Å². The lowest BCUT2D eigenvalue weighted by Gasteiger charge is -2.06. The molecular formula is C14H12ClNO2. The van der Waals surface area contributed by atoms with Gasteiger partial charge in [0.25, 0.3) is 0 Å². The number of hydrogen-bond donors (Lipinski definition) is 1. The first-order chi connectivity index (χ1) is 8.78. The Morgan fingerprint density at radius 3 is 2.61 bits per heavy atom. The van der Waals surface area contributed by atoms with Gasteiger partial charge in [-0.3, -0.25) is 0 Å². The molecule has 0 aliphatic heterocycles. The summed E-state index contributed by atoms with van der Waals surface area (Å²) in [5, 5.41) is 12.1. The molecule has 0 saturated carbocycles. The number of halogens is 1. The second-order valence-corrected chi connectivity index (χ2v) is 4.17. The Balaban J connectivity index is 1.98. The SMILES string of the molecule is O/N=C/c1ccc(OCc2cccc(Cl)c2)cc1. The minimum atomic E-state index is 0.466. The minimum Gasteiger partial charge on any atom is -0.489 e. The zero-order valence-electron chi connectivity index (χ0n) is 9.58. The van der Waals surface area contributed by atoms with Gasteiger partial charge in [0, 0.05) is 5.02 Å². The molecule has 0 radical (unpaired) electrons. The molecule has 0 aliphatic carbocycles. The second-order valence-electron chi connectivity index (χ2n) is 3.73. The molecule has 0 aliphatic rings. The van der Waals surface area contributed by atoms with E-state index in [2.05, 4.69) is 5.16 Å². The van der Waals surface area contributed by atoms with E-state index in [1.54, 1.807) is 0 Å². The number of hydrogen-bond acceptors (Lipinski definition) is 3. The number of ether oxygens (including phenoxy) is 1. The highest BCUT2D eigenvalue weighted by Gasteiger charge is 1.97. The first-order valence-electron chi connectivity index (χ1n) is 5.42. The van der Waals surface area contributed by atoms with Crippen LogP contribution in [-0.4, -0.2) is 11.4 Å². The molecule has 0 unspecified atom stereocenters. The Bertz CT molecular complexity index is 538. The highest BCUT2D eigenvalue weighted by atomic mass is 35.5. The van der Waals surface area contributed by atoms with E-state index in [1.165, 1.54) is 6.21 Å². The lowest BCUT2D eigenvalue weighted by molar-refractivity contribution is 0.306. The number of rotatable bonds is 4. The van der Waals surface area contributed by atoms with Gasteiger partial charge in [0.15, 0.2) is 0 Å². The molecule has 92 valence electrons. The first-order valence-corrected chi connectivity index (χ1v) is 5.80. The molecule has 2 aromatic rings. The summed E-state index contributed by atoms with van der Waals surface area (Å²) in [5.41, 5.74) is 1.83. The van der Waals surface area contributed by atoms with Gasteiger partial charge in [0.2, 0.25) is 0 Å². The third-order valence-electron chi connectivity index (χ3n) is 2.38. The van der Waals surface area contributed by atoms with Gasteiger partial charge >= 0.3 is 0 Å². The van der Waals surface area contributed by atoms with Gasteiger partial charge < -0.3 is 9.94 Å². The first kappa shape index (κ1) is 12.5. The van der Waals surface area contributed by atoms with Crippen LogP contribution in [0.25, 0.3) is 0 Å². The van der Waals surface area contributed by atoms with Gasteiger partial charge in [0.05, 0.1) is 6.21 Å². The highest BCUT2D eigenvalue weighted by Crippen LogP contribution is 2.15. The van der Waals surface area contributed by atoms with Gasteiger partial charge in [-0.2, -0.15) is 0 Å². The Labute approximate surface area is 110 Å². The number of nitrogens with zero attached hydrogens (tertiary/aromatic N) is 1. The van der Waals surface area contributed by atoms with Gasteiger partial charge in [-0.1, -0.05) is 28.9 Å². The van der Waals surface area contributed by atoms with Crippen molar-refractivity contribution in [1.82, 2.24) is 0 Å². The fourth-order valence-corrected chi connectivity index (χ4v) is 1.72. The molecule has 0 fully saturated rings. The summed E-state index contributed by atoms with van der Waals surface area (Å²) in [6.45, 7) is 0.466. The van der Waals surface area contributed by atoms with Crippen LogP contribution in [0.3, 0.4) is 0 Å². The van der Waals surface area contributed by atoms with Crippen LogP contribution in [-0.2, 0) is 6.61 Å². The maximum Gasteiger partial charge on any atom is 0.119 e. The third-order valence-corrected chi connectivity index (χ3v) is 2.62. The van der Waals surface area contributed by atoms with E-state index in [4.69, 9.17) is 21.5 Å². The molecule has 18 heavy (non-hydrogen) atoms. The standard InChI is InChI=1S/C14H12ClNO2/c15-13-3-1-2-12(8-13)10-18-14-6-4-11(5-7-14)9-16-17/h1-9,17H,10H2/b16-9+. The van der Waals surface area contributed by atoms with Crippen molar-refractivity contribution in [2.45, 2.75) is 6.61 Å². The van der Waals surface area contributed by atoms with Crippen LogP contribution in [0.2, 0.25) is 5.02 Å². The number of oxime groups is 1. The van der Waals surface area contributed by atoms with Crippen LogP contribution in [0.1, 0.15) is 11.1 Å². The molecule has 2 aromatic carbocycles. The largest absolute Gasteiger partial charge is 0.489 e. The highest BCUT2D eigenvalue weighted by molar-refractivity contribution is 6.30. The zero-order valence-corrected chi connectivity index (χ0v) is 10.3. The Kier molecular flexibility index (Phi) is 4.20. The minimum absolute atomic E-state index is 0.466. The van der Waals surface area contributed by atoms with Crippen LogP contribution in [0.5, 0.6) is 5.75 Å². The molecule has 0 amide bonds. The molecule has 3 nitrogen and oxygen atoms in total. The quantitative estimate of drug-likeness (QED) is 0.518. The Morgan fingerprint density at radius 1 is 1.17 bits per heavy atom. The molecule has 2 rings (SSSR count). The van der Waals surface area contributed by atoms with Crippen LogP contribution in [0, 0.1) is 0 Å². The van der Waals surface area contributed by atoms with Crippen molar-refractivity contribution in [3.05, 3.63) is 64.7 Å². The summed E-state index contributed by atoms with van der Waals surface area (Å²) in [5.74, 6) is 0.755. The summed E-state index contributed by atoms with van der Waals surface area (Å²) in [7, 11) is 0. The summed E-state index contributed by atoms with van der Waals surface area (Å²) in [4.78, 5) is 0. The van der Waals surface area contributed by atoms with Gasteiger partial charge in [-0.05, 0) is 47.5 Å². The van der Waals surface area contributed by atoms with E-state index in [0.717, 1.165) is 16.9 Å². The van der Waals surface area contributed by atoms with Crippen LogP contribution in [0.15, 0.2) is 53.7 Å². The van der Waals surface area contributed by atoms with Crippen LogP contribution in [0.4, 0.5) is 0 Å². The van der Waals surface area contributed by atoms with Crippen molar-refractivity contribution in [1.29, 1.82) is 0 Å². The number of benzene rings is 2. The summed E-state index contributed by atoms with van der Waals surface area (Å²) >= 11 is 5.89. The molecule has 1 N–H and O–H groups in total. The normalized spacial score (nSPS) is 10.7. The van der Waals surface area contributed by atoms with Crippen LogP contribution < -0.4 is 4.74 Å². The Morgan fingerprint density at radius 2 is 1.94 bits per heavy atom. The third kappa shape index (κ3) is 3.50. The van der Waals surface area contributed by atoms with Crippen molar-refractivity contribution < 1.29 is 9.94 Å². The van der Waals surface area contributed by atoms with E-state index in [1.807, 2.05) is 48.5 Å². The average Bonchev–Trinajstić information content (AvgIpc) is 2.38. The van der Waals surface area contributed by atoms with Crippen molar-refractivity contribution in [2.75, 3.05) is 0 Å². The van der Waals surface area contributed by atoms with Crippen molar-refractivity contribution in [3.63, 3.8) is 0 Å². The zero-order chi connectivity index (χ0) is 12.8. The van der Waals surface area contributed by atoms with Gasteiger partial charge in [-0.25, -0.2) is 0 Å². The molecule has 0 spiro atoms. The summed E-state index contributed by atoms with van der Waals surface area (Å²) < 4.78 is 5.61. The molecular weight excluding hydrogens is 250 g/mol. The van der Waals surface area contributed by atoms with E-state index >= 15 is 0 Å². The average molecular weight is 262 g/mol. The molecule has 0 saturated heterocycles. The molecule has 0 aromatic heterocycles. The maximum atomic E-state index is 8.39. The van der Waals surface area contributed by atoms with E-state index in [0.29, 0.717) is 11.6 Å². The van der Waals surface area contributed by atoms with Crippen LogP contribution >= 0.6 is 11.6 Å². The predicted octanol–water partition coefficient (Wildman–Crippen LogP) is 3.73. The second kappa shape index (κ2) is 6.07. The fraction of sp³-hybridized carbons (Fsp3) is 0.0714. The monoisotopic (exact) mass is 261 g/mol. The van der Waals surface area contributed by atoms with Gasteiger partial charge in [0.1, 0.15) is 12.4 Å². The predicted molar refractivity (Wildman–Crippen MR) is 71.6 cm³/mol. The fourth-order valence-electron chi connectivity index (χ4n) is 1.51. The van der Waals surface area contributed by atoms with Crippen molar-refractivity contribution in [2.24, 2.45) is 5.16 Å². The smallest absolute Gasteiger partial charge is 0.119 e. The summed E-state index contributed by atoms with van der Waals surface area (Å²) in [6.07, 6.45) is 1.36. The Hall–Kier alpha value is -2.00. The van der Waals surface area contributed by atoms with Crippen molar-refractivity contribution >= 4 is 17.8 Å². The van der Waals surface area contributed by atoms with E-state index in [-0.39, 0.29) is 0 Å². The molecule has 0 heterocycles. The van der Waals surface area contributed by atoms with E-state index in [9.17, 15) is 0 Å². The lowest BCUT2D eigenvalue weighted by atomic mass is 10.2.